The Morgan fingerprint density at radius 1 is 1.13 bits per heavy atom. The van der Waals surface area contributed by atoms with Crippen LogP contribution in [0.1, 0.15) is 41.8 Å². The maximum Gasteiger partial charge on any atom is 0.228 e. The van der Waals surface area contributed by atoms with Gasteiger partial charge in [-0.2, -0.15) is 5.10 Å². The molecule has 1 aromatic carbocycles. The summed E-state index contributed by atoms with van der Waals surface area (Å²) in [6, 6.07) is 14.3. The predicted molar refractivity (Wildman–Crippen MR) is 121 cm³/mol. The molecule has 1 amide bonds. The summed E-state index contributed by atoms with van der Waals surface area (Å²) >= 11 is 0. The van der Waals surface area contributed by atoms with Crippen LogP contribution in [0.2, 0.25) is 0 Å². The number of pyridine rings is 1. The van der Waals surface area contributed by atoms with Gasteiger partial charge in [-0.3, -0.25) is 9.69 Å². The zero-order valence-corrected chi connectivity index (χ0v) is 18.1. The number of amides is 1. The highest BCUT2D eigenvalue weighted by Crippen LogP contribution is 2.29. The van der Waals surface area contributed by atoms with E-state index in [0.717, 1.165) is 56.6 Å². The lowest BCUT2D eigenvalue weighted by atomic mass is 9.95. The van der Waals surface area contributed by atoms with E-state index in [0.29, 0.717) is 5.82 Å². The molecule has 2 aliphatic rings. The van der Waals surface area contributed by atoms with E-state index >= 15 is 0 Å². The van der Waals surface area contributed by atoms with E-state index in [2.05, 4.69) is 44.1 Å². The summed E-state index contributed by atoms with van der Waals surface area (Å²) in [6.45, 7) is 4.72. The average molecular weight is 416 g/mol. The number of carbonyl (C=O) groups excluding carboxylic acids is 1. The molecule has 6 heteroatoms. The Balaban J connectivity index is 1.22. The van der Waals surface area contributed by atoms with E-state index in [9.17, 15) is 4.79 Å². The van der Waals surface area contributed by atoms with Gasteiger partial charge in [-0.1, -0.05) is 18.2 Å². The number of nitrogens with zero attached hydrogens (tertiary/aromatic N) is 4. The zero-order valence-electron chi connectivity index (χ0n) is 18.1. The van der Waals surface area contributed by atoms with Crippen molar-refractivity contribution < 1.29 is 4.79 Å². The van der Waals surface area contributed by atoms with E-state index in [1.807, 2.05) is 25.1 Å². The first-order valence-electron chi connectivity index (χ1n) is 11.3. The number of aromatic nitrogens is 3. The number of aryl methyl sites for hydroxylation is 1. The van der Waals surface area contributed by atoms with Crippen LogP contribution in [-0.2, 0) is 24.2 Å². The number of para-hydroxylation sites is 1. The van der Waals surface area contributed by atoms with Gasteiger partial charge < -0.3 is 5.32 Å². The Hall–Kier alpha value is -2.99. The average Bonchev–Trinajstić information content (AvgIpc) is 3.39. The number of benzene rings is 1. The van der Waals surface area contributed by atoms with Crippen LogP contribution < -0.4 is 5.32 Å². The van der Waals surface area contributed by atoms with Gasteiger partial charge in [0.2, 0.25) is 5.91 Å². The lowest BCUT2D eigenvalue weighted by Gasteiger charge is -2.30. The molecule has 0 bridgehead atoms. The van der Waals surface area contributed by atoms with Crippen molar-refractivity contribution in [2.45, 2.75) is 45.6 Å². The summed E-state index contributed by atoms with van der Waals surface area (Å²) in [5, 5.41) is 7.99. The Kier molecular flexibility index (Phi) is 5.55. The van der Waals surface area contributed by atoms with Crippen LogP contribution >= 0.6 is 0 Å². The van der Waals surface area contributed by atoms with Crippen molar-refractivity contribution in [1.82, 2.24) is 19.7 Å². The first kappa shape index (κ1) is 19.9. The van der Waals surface area contributed by atoms with Gasteiger partial charge in [-0.05, 0) is 87.5 Å². The molecule has 3 aromatic rings. The van der Waals surface area contributed by atoms with Crippen LogP contribution in [0.15, 0.2) is 48.7 Å². The maximum atomic E-state index is 12.7. The fourth-order valence-electron chi connectivity index (χ4n) is 4.82. The number of nitrogens with one attached hydrogen (secondary N) is 1. The number of hydrogen-bond donors (Lipinski definition) is 1. The number of anilines is 1. The standard InChI is InChI=1S/C25H29N5O/c1-18-10-13-26-24(16-18)27-25(31)19-11-14-29(15-12-19)17-22-21-8-5-9-23(21)30(28-22)20-6-3-2-4-7-20/h2-4,6-7,10,13,16,19H,5,8-9,11-12,14-15,17H2,1H3,(H,26,27,31). The molecule has 0 saturated carbocycles. The molecule has 5 rings (SSSR count). The Morgan fingerprint density at radius 2 is 1.94 bits per heavy atom. The molecule has 0 unspecified atom stereocenters. The number of carbonyl (C=O) groups is 1. The van der Waals surface area contributed by atoms with Crippen LogP contribution in [0.25, 0.3) is 5.69 Å². The predicted octanol–water partition coefficient (Wildman–Crippen LogP) is 3.92. The summed E-state index contributed by atoms with van der Waals surface area (Å²) in [6.07, 6.45) is 6.92. The molecular formula is C25H29N5O. The summed E-state index contributed by atoms with van der Waals surface area (Å²) in [4.78, 5) is 19.4. The molecule has 160 valence electrons. The number of rotatable bonds is 5. The number of fused-ring (bicyclic) bond motifs is 1. The normalized spacial score (nSPS) is 16.9. The summed E-state index contributed by atoms with van der Waals surface area (Å²) in [7, 11) is 0. The highest BCUT2D eigenvalue weighted by Gasteiger charge is 2.28. The van der Waals surface area contributed by atoms with Gasteiger partial charge in [-0.15, -0.1) is 0 Å². The summed E-state index contributed by atoms with van der Waals surface area (Å²) in [5.74, 6) is 0.785. The van der Waals surface area contributed by atoms with Crippen LogP contribution in [0, 0.1) is 12.8 Å². The second kappa shape index (κ2) is 8.63. The molecule has 0 spiro atoms. The SMILES string of the molecule is Cc1ccnc(NC(=O)C2CCN(Cc3nn(-c4ccccc4)c4c3CCC4)CC2)c1. The first-order valence-corrected chi connectivity index (χ1v) is 11.3. The summed E-state index contributed by atoms with van der Waals surface area (Å²) < 4.78 is 2.15. The zero-order chi connectivity index (χ0) is 21.2. The molecule has 1 aliphatic heterocycles. The second-order valence-electron chi connectivity index (χ2n) is 8.73. The van der Waals surface area contributed by atoms with Crippen molar-refractivity contribution >= 4 is 11.7 Å². The van der Waals surface area contributed by atoms with Crippen LogP contribution in [0.5, 0.6) is 0 Å². The largest absolute Gasteiger partial charge is 0.310 e. The van der Waals surface area contributed by atoms with E-state index in [-0.39, 0.29) is 11.8 Å². The third-order valence-corrected chi connectivity index (χ3v) is 6.51. The van der Waals surface area contributed by atoms with Gasteiger partial charge in [0.05, 0.1) is 11.4 Å². The molecule has 0 atom stereocenters. The molecule has 2 aromatic heterocycles. The van der Waals surface area contributed by atoms with Crippen molar-refractivity contribution in [2.75, 3.05) is 18.4 Å². The van der Waals surface area contributed by atoms with Crippen LogP contribution in [0.3, 0.4) is 0 Å². The minimum absolute atomic E-state index is 0.0474. The fourth-order valence-corrected chi connectivity index (χ4v) is 4.82. The van der Waals surface area contributed by atoms with Gasteiger partial charge in [0.15, 0.2) is 0 Å². The monoisotopic (exact) mass is 415 g/mol. The van der Waals surface area contributed by atoms with E-state index < -0.39 is 0 Å². The van der Waals surface area contributed by atoms with Crippen molar-refractivity contribution in [3.8, 4) is 5.69 Å². The third kappa shape index (κ3) is 4.26. The molecule has 3 heterocycles. The minimum Gasteiger partial charge on any atom is -0.310 e. The molecule has 31 heavy (non-hydrogen) atoms. The van der Waals surface area contributed by atoms with E-state index in [1.165, 1.54) is 23.4 Å². The highest BCUT2D eigenvalue weighted by atomic mass is 16.1. The summed E-state index contributed by atoms with van der Waals surface area (Å²) in [5.41, 5.74) is 6.27. The molecule has 1 saturated heterocycles. The van der Waals surface area contributed by atoms with Crippen LogP contribution in [0.4, 0.5) is 5.82 Å². The molecule has 1 fully saturated rings. The van der Waals surface area contributed by atoms with Gasteiger partial charge in [0.25, 0.3) is 0 Å². The van der Waals surface area contributed by atoms with Crippen LogP contribution in [-0.4, -0.2) is 38.7 Å². The second-order valence-corrected chi connectivity index (χ2v) is 8.73. The number of piperidine rings is 1. The maximum absolute atomic E-state index is 12.7. The number of hydrogen-bond acceptors (Lipinski definition) is 4. The van der Waals surface area contributed by atoms with Gasteiger partial charge in [0.1, 0.15) is 5.82 Å². The smallest absolute Gasteiger partial charge is 0.228 e. The quantitative estimate of drug-likeness (QED) is 0.686. The topological polar surface area (TPSA) is 63.1 Å². The van der Waals surface area contributed by atoms with E-state index in [1.54, 1.807) is 6.20 Å². The molecule has 1 aliphatic carbocycles. The van der Waals surface area contributed by atoms with Gasteiger partial charge in [-0.25, -0.2) is 9.67 Å². The van der Waals surface area contributed by atoms with Crippen molar-refractivity contribution in [2.24, 2.45) is 5.92 Å². The molecule has 1 N–H and O–H groups in total. The minimum atomic E-state index is 0.0474. The lowest BCUT2D eigenvalue weighted by molar-refractivity contribution is -0.121. The Morgan fingerprint density at radius 3 is 2.71 bits per heavy atom. The van der Waals surface area contributed by atoms with Crippen molar-refractivity contribution in [1.29, 1.82) is 0 Å². The lowest BCUT2D eigenvalue weighted by Crippen LogP contribution is -2.38. The molecule has 6 nitrogen and oxygen atoms in total. The van der Waals surface area contributed by atoms with Crippen molar-refractivity contribution in [3.05, 3.63) is 71.2 Å². The highest BCUT2D eigenvalue weighted by molar-refractivity contribution is 5.91. The molecular weight excluding hydrogens is 386 g/mol. The molecule has 0 radical (unpaired) electrons. The Bertz CT molecular complexity index is 1070. The number of likely N-dealkylation sites (tertiary alicyclic amines) is 1. The van der Waals surface area contributed by atoms with Gasteiger partial charge >= 0.3 is 0 Å². The van der Waals surface area contributed by atoms with Gasteiger partial charge in [0, 0.05) is 24.4 Å². The third-order valence-electron chi connectivity index (χ3n) is 6.51. The van der Waals surface area contributed by atoms with E-state index in [4.69, 9.17) is 5.10 Å². The Labute approximate surface area is 183 Å². The fraction of sp³-hybridized carbons (Fsp3) is 0.400. The van der Waals surface area contributed by atoms with Crippen molar-refractivity contribution in [3.63, 3.8) is 0 Å². The first-order chi connectivity index (χ1) is 15.2.